The number of ether oxygens (including phenoxy) is 2. The van der Waals surface area contributed by atoms with Crippen LogP contribution in [0, 0.1) is 0 Å². The molecule has 0 unspecified atom stereocenters. The van der Waals surface area contributed by atoms with E-state index in [1.165, 1.54) is 20.3 Å². The fourth-order valence-electron chi connectivity index (χ4n) is 1.15. The summed E-state index contributed by atoms with van der Waals surface area (Å²) in [7, 11) is 2.96. The Labute approximate surface area is 97.4 Å². The molecule has 0 atom stereocenters. The van der Waals surface area contributed by atoms with Crippen molar-refractivity contribution in [2.45, 2.75) is 0 Å². The second-order valence-electron chi connectivity index (χ2n) is 2.88. The van der Waals surface area contributed by atoms with Gasteiger partial charge in [-0.25, -0.2) is 4.39 Å². The molecule has 0 N–H and O–H groups in total. The average molecular weight is 245 g/mol. The monoisotopic (exact) mass is 244 g/mol. The number of benzene rings is 1. The van der Waals surface area contributed by atoms with Gasteiger partial charge >= 0.3 is 0 Å². The number of halogens is 2. The molecule has 0 aliphatic heterocycles. The summed E-state index contributed by atoms with van der Waals surface area (Å²) in [4.78, 5) is 10.5. The van der Waals surface area contributed by atoms with Crippen LogP contribution in [0.1, 0.15) is 5.56 Å². The van der Waals surface area contributed by atoms with Crippen molar-refractivity contribution in [3.8, 4) is 11.5 Å². The Morgan fingerprint density at radius 1 is 1.31 bits per heavy atom. The van der Waals surface area contributed by atoms with Gasteiger partial charge in [0.05, 0.1) is 14.2 Å². The smallest absolute Gasteiger partial charge is 0.280 e. The summed E-state index contributed by atoms with van der Waals surface area (Å²) in [5.41, 5.74) is 0.462. The molecule has 0 spiro atoms. The molecule has 0 aromatic heterocycles. The molecule has 0 heterocycles. The van der Waals surface area contributed by atoms with Gasteiger partial charge in [0.1, 0.15) is 0 Å². The summed E-state index contributed by atoms with van der Waals surface area (Å²) >= 11 is 4.97. The van der Waals surface area contributed by atoms with Crippen molar-refractivity contribution in [2.75, 3.05) is 14.2 Å². The first-order valence-corrected chi connectivity index (χ1v) is 4.75. The molecular formula is C11H10ClFO3. The van der Waals surface area contributed by atoms with Crippen molar-refractivity contribution in [1.82, 2.24) is 0 Å². The van der Waals surface area contributed by atoms with E-state index in [1.807, 2.05) is 0 Å². The maximum absolute atomic E-state index is 12.9. The summed E-state index contributed by atoms with van der Waals surface area (Å²) < 4.78 is 23.0. The Hall–Kier alpha value is -1.55. The van der Waals surface area contributed by atoms with E-state index in [0.29, 0.717) is 17.1 Å². The number of rotatable bonds is 4. The molecular weight excluding hydrogens is 235 g/mol. The first-order chi connectivity index (χ1) is 7.58. The van der Waals surface area contributed by atoms with Crippen LogP contribution in [-0.4, -0.2) is 19.5 Å². The van der Waals surface area contributed by atoms with Crippen molar-refractivity contribution < 1.29 is 18.7 Å². The first-order valence-electron chi connectivity index (χ1n) is 4.37. The maximum Gasteiger partial charge on any atom is 0.280 e. The van der Waals surface area contributed by atoms with E-state index in [2.05, 4.69) is 0 Å². The van der Waals surface area contributed by atoms with Crippen LogP contribution in [-0.2, 0) is 4.79 Å². The summed E-state index contributed by atoms with van der Waals surface area (Å²) in [6.07, 6.45) is 1.03. The van der Waals surface area contributed by atoms with E-state index >= 15 is 0 Å². The number of hydrogen-bond donors (Lipinski definition) is 0. The minimum absolute atomic E-state index is 0.450. The highest BCUT2D eigenvalue weighted by Gasteiger charge is 2.07. The lowest BCUT2D eigenvalue weighted by Crippen LogP contribution is -1.91. The highest BCUT2D eigenvalue weighted by Crippen LogP contribution is 2.28. The molecule has 0 bridgehead atoms. The zero-order valence-corrected chi connectivity index (χ0v) is 9.55. The van der Waals surface area contributed by atoms with Crippen LogP contribution in [0.3, 0.4) is 0 Å². The molecule has 0 aliphatic rings. The molecule has 0 saturated heterocycles. The number of hydrogen-bond acceptors (Lipinski definition) is 3. The van der Waals surface area contributed by atoms with E-state index in [9.17, 15) is 9.18 Å². The summed E-state index contributed by atoms with van der Waals surface area (Å²) in [5.74, 6) is -0.0442. The molecule has 0 amide bonds. The number of carbonyl (C=O) groups excluding carboxylic acids is 1. The molecule has 3 nitrogen and oxygen atoms in total. The molecule has 0 saturated carbocycles. The van der Waals surface area contributed by atoms with Gasteiger partial charge < -0.3 is 9.47 Å². The van der Waals surface area contributed by atoms with Crippen molar-refractivity contribution in [3.05, 3.63) is 29.6 Å². The fourth-order valence-corrected chi connectivity index (χ4v) is 1.20. The third-order valence-corrected chi connectivity index (χ3v) is 2.07. The van der Waals surface area contributed by atoms with E-state index in [0.717, 1.165) is 6.08 Å². The van der Waals surface area contributed by atoms with Gasteiger partial charge in [0.2, 0.25) is 0 Å². The van der Waals surface area contributed by atoms with E-state index in [1.54, 1.807) is 12.1 Å². The standard InChI is InChI=1S/C11H10ClFO3/c1-15-9-4-3-7(6-10(9)16-2)5-8(13)11(12)14/h3-6H,1-2H3/b8-5-. The molecule has 1 aromatic rings. The van der Waals surface area contributed by atoms with Crippen LogP contribution in [0.15, 0.2) is 24.0 Å². The predicted molar refractivity (Wildman–Crippen MR) is 59.5 cm³/mol. The fraction of sp³-hybridized carbons (Fsp3) is 0.182. The Bertz CT molecular complexity index is 429. The Morgan fingerprint density at radius 2 is 1.94 bits per heavy atom. The minimum atomic E-state index is -1.13. The molecule has 86 valence electrons. The average Bonchev–Trinajstić information content (AvgIpc) is 2.28. The van der Waals surface area contributed by atoms with Crippen LogP contribution >= 0.6 is 11.6 Å². The third kappa shape index (κ3) is 2.97. The van der Waals surface area contributed by atoms with Gasteiger partial charge in [-0.1, -0.05) is 6.07 Å². The lowest BCUT2D eigenvalue weighted by Gasteiger charge is -2.07. The third-order valence-electron chi connectivity index (χ3n) is 1.89. The van der Waals surface area contributed by atoms with Crippen LogP contribution in [0.25, 0.3) is 6.08 Å². The van der Waals surface area contributed by atoms with Gasteiger partial charge in [-0.2, -0.15) is 0 Å². The quantitative estimate of drug-likeness (QED) is 0.604. The van der Waals surface area contributed by atoms with Gasteiger partial charge in [0, 0.05) is 0 Å². The molecule has 5 heteroatoms. The van der Waals surface area contributed by atoms with Gasteiger partial charge in [-0.05, 0) is 35.4 Å². The zero-order valence-electron chi connectivity index (χ0n) is 8.79. The lowest BCUT2D eigenvalue weighted by molar-refractivity contribution is -0.109. The first kappa shape index (κ1) is 12.5. The Kier molecular flexibility index (Phi) is 4.31. The number of methoxy groups -OCH3 is 2. The van der Waals surface area contributed by atoms with Crippen LogP contribution < -0.4 is 9.47 Å². The maximum atomic E-state index is 12.9. The van der Waals surface area contributed by atoms with Crippen LogP contribution in [0.2, 0.25) is 0 Å². The largest absolute Gasteiger partial charge is 0.493 e. The van der Waals surface area contributed by atoms with Crippen molar-refractivity contribution in [1.29, 1.82) is 0 Å². The highest BCUT2D eigenvalue weighted by atomic mass is 35.5. The molecule has 1 rings (SSSR count). The second-order valence-corrected chi connectivity index (χ2v) is 3.22. The van der Waals surface area contributed by atoms with E-state index < -0.39 is 11.1 Å². The Morgan fingerprint density at radius 3 is 2.44 bits per heavy atom. The van der Waals surface area contributed by atoms with Gasteiger partial charge in [0.25, 0.3) is 5.24 Å². The minimum Gasteiger partial charge on any atom is -0.493 e. The van der Waals surface area contributed by atoms with E-state index in [-0.39, 0.29) is 0 Å². The topological polar surface area (TPSA) is 35.5 Å². The normalized spacial score (nSPS) is 11.1. The zero-order chi connectivity index (χ0) is 12.1. The van der Waals surface area contributed by atoms with Gasteiger partial charge in [-0.15, -0.1) is 0 Å². The molecule has 0 radical (unpaired) electrons. The summed E-state index contributed by atoms with van der Waals surface area (Å²) in [5, 5.41) is -1.13. The highest BCUT2D eigenvalue weighted by molar-refractivity contribution is 6.67. The van der Waals surface area contributed by atoms with Gasteiger partial charge in [0.15, 0.2) is 17.3 Å². The van der Waals surface area contributed by atoms with Crippen molar-refractivity contribution >= 4 is 22.9 Å². The number of allylic oxidation sites excluding steroid dienone is 1. The molecule has 16 heavy (non-hydrogen) atoms. The van der Waals surface area contributed by atoms with Crippen LogP contribution in [0.4, 0.5) is 4.39 Å². The van der Waals surface area contributed by atoms with Gasteiger partial charge in [-0.3, -0.25) is 4.79 Å². The molecule has 0 aliphatic carbocycles. The second kappa shape index (κ2) is 5.51. The molecule has 1 aromatic carbocycles. The van der Waals surface area contributed by atoms with Crippen LogP contribution in [0.5, 0.6) is 11.5 Å². The van der Waals surface area contributed by atoms with Crippen molar-refractivity contribution in [3.63, 3.8) is 0 Å². The van der Waals surface area contributed by atoms with E-state index in [4.69, 9.17) is 21.1 Å². The van der Waals surface area contributed by atoms with Crippen molar-refractivity contribution in [2.24, 2.45) is 0 Å². The summed E-state index contributed by atoms with van der Waals surface area (Å²) in [6, 6.07) is 4.73. The lowest BCUT2D eigenvalue weighted by atomic mass is 10.2. The Balaban J connectivity index is 3.09. The number of carbonyl (C=O) groups is 1. The summed E-state index contributed by atoms with van der Waals surface area (Å²) in [6.45, 7) is 0. The predicted octanol–water partition coefficient (Wildman–Crippen LogP) is 2.78. The molecule has 0 fully saturated rings. The SMILES string of the molecule is COc1ccc(/C=C(\F)C(=O)Cl)cc1OC.